The van der Waals surface area contributed by atoms with Crippen LogP contribution in [0, 0.1) is 0 Å². The SMILES string of the molecule is CCN(CC)Cc1ccc(-c2ccccc2PC(CO)Pc2ccccc2-c2ccc(CN(CC)CC)cc2)cc1. The molecule has 2 unspecified atom stereocenters. The average molecular weight is 585 g/mol. The molecule has 4 aromatic rings. The van der Waals surface area contributed by atoms with E-state index in [1.807, 2.05) is 0 Å². The fraction of sp³-hybridized carbons (Fsp3) is 0.333. The second-order valence-electron chi connectivity index (χ2n) is 10.4. The molecule has 1 N–H and O–H groups in total. The lowest BCUT2D eigenvalue weighted by Crippen LogP contribution is -2.22. The minimum atomic E-state index is 0.186. The average Bonchev–Trinajstić information content (AvgIpc) is 3.03. The first-order valence-corrected chi connectivity index (χ1v) is 17.2. The standard InChI is InChI=1S/C36H46N2OP2/c1-5-37(6-2)25-28-17-21-30(22-18-28)32-13-9-11-15-34(32)40-36(27-39)41-35-16-12-10-14-33(35)31-23-19-29(20-24-31)26-38(7-3)8-4/h9-24,36,39-41H,5-8,25-27H2,1-4H3. The first kappa shape index (κ1) is 31.6. The molecule has 0 amide bonds. The second-order valence-corrected chi connectivity index (χ2v) is 14.1. The third kappa shape index (κ3) is 8.81. The van der Waals surface area contributed by atoms with Gasteiger partial charge in [-0.1, -0.05) is 142 Å². The normalized spacial score (nSPS) is 12.9. The van der Waals surface area contributed by atoms with Gasteiger partial charge in [0, 0.05) is 18.5 Å². The fourth-order valence-corrected chi connectivity index (χ4v) is 8.52. The highest BCUT2D eigenvalue weighted by Crippen LogP contribution is 2.38. The van der Waals surface area contributed by atoms with Crippen molar-refractivity contribution in [1.82, 2.24) is 9.80 Å². The van der Waals surface area contributed by atoms with Crippen molar-refractivity contribution in [3.8, 4) is 22.3 Å². The van der Waals surface area contributed by atoms with E-state index in [1.54, 1.807) is 0 Å². The van der Waals surface area contributed by atoms with Gasteiger partial charge in [-0.15, -0.1) is 0 Å². The van der Waals surface area contributed by atoms with Gasteiger partial charge in [0.05, 0.1) is 6.61 Å². The molecule has 0 aromatic heterocycles. The molecule has 0 saturated heterocycles. The van der Waals surface area contributed by atoms with Crippen molar-refractivity contribution in [2.75, 3.05) is 32.8 Å². The molecule has 4 rings (SSSR count). The molecular weight excluding hydrogens is 538 g/mol. The molecule has 0 radical (unpaired) electrons. The van der Waals surface area contributed by atoms with Crippen molar-refractivity contribution >= 4 is 27.8 Å². The van der Waals surface area contributed by atoms with E-state index in [-0.39, 0.29) is 12.0 Å². The van der Waals surface area contributed by atoms with Crippen molar-refractivity contribution < 1.29 is 5.11 Å². The van der Waals surface area contributed by atoms with Crippen molar-refractivity contribution in [2.24, 2.45) is 0 Å². The molecule has 4 aromatic carbocycles. The molecule has 0 spiro atoms. The van der Waals surface area contributed by atoms with Crippen LogP contribution in [-0.4, -0.2) is 53.1 Å². The molecule has 0 aliphatic heterocycles. The van der Waals surface area contributed by atoms with Crippen LogP contribution < -0.4 is 10.6 Å². The highest BCUT2D eigenvalue weighted by molar-refractivity contribution is 7.66. The molecule has 0 bridgehead atoms. The number of aliphatic hydroxyl groups is 1. The number of benzene rings is 4. The van der Waals surface area contributed by atoms with Gasteiger partial charge in [-0.05, 0) is 70.2 Å². The molecule has 41 heavy (non-hydrogen) atoms. The Morgan fingerprint density at radius 3 is 1.24 bits per heavy atom. The smallest absolute Gasteiger partial charge is 0.0539 e. The van der Waals surface area contributed by atoms with Crippen molar-refractivity contribution in [2.45, 2.75) is 46.2 Å². The van der Waals surface area contributed by atoms with Gasteiger partial charge < -0.3 is 5.11 Å². The van der Waals surface area contributed by atoms with E-state index in [9.17, 15) is 5.11 Å². The Morgan fingerprint density at radius 2 is 0.902 bits per heavy atom. The van der Waals surface area contributed by atoms with Crippen LogP contribution in [0.4, 0.5) is 0 Å². The second kappa shape index (κ2) is 16.3. The fourth-order valence-electron chi connectivity index (χ4n) is 5.21. The van der Waals surface area contributed by atoms with Crippen LogP contribution >= 0.6 is 17.2 Å². The van der Waals surface area contributed by atoms with Crippen LogP contribution in [0.15, 0.2) is 97.1 Å². The predicted octanol–water partition coefficient (Wildman–Crippen LogP) is 7.33. The van der Waals surface area contributed by atoms with Crippen LogP contribution in [0.2, 0.25) is 0 Å². The molecule has 0 fully saturated rings. The zero-order chi connectivity index (χ0) is 29.0. The van der Waals surface area contributed by atoms with E-state index in [4.69, 9.17) is 0 Å². The summed E-state index contributed by atoms with van der Waals surface area (Å²) in [5.74, 6) is 0. The molecule has 2 atom stereocenters. The number of rotatable bonds is 15. The van der Waals surface area contributed by atoms with Crippen LogP contribution in [0.1, 0.15) is 38.8 Å². The van der Waals surface area contributed by atoms with Gasteiger partial charge in [-0.3, -0.25) is 9.80 Å². The van der Waals surface area contributed by atoms with E-state index >= 15 is 0 Å². The van der Waals surface area contributed by atoms with Crippen LogP contribution in [0.25, 0.3) is 22.3 Å². The highest BCUT2D eigenvalue weighted by atomic mass is 31.1. The van der Waals surface area contributed by atoms with E-state index in [0.29, 0.717) is 17.2 Å². The zero-order valence-electron chi connectivity index (χ0n) is 25.1. The summed E-state index contributed by atoms with van der Waals surface area (Å²) in [4.78, 5) is 4.88. The van der Waals surface area contributed by atoms with Gasteiger partial charge in [0.15, 0.2) is 0 Å². The molecule has 216 valence electrons. The Morgan fingerprint density at radius 1 is 0.537 bits per heavy atom. The molecule has 0 heterocycles. The Hall–Kier alpha value is -2.38. The summed E-state index contributed by atoms with van der Waals surface area (Å²) in [6, 6.07) is 35.6. The lowest BCUT2D eigenvalue weighted by Gasteiger charge is -2.20. The lowest BCUT2D eigenvalue weighted by molar-refractivity contribution is 0.296. The van der Waals surface area contributed by atoms with E-state index in [0.717, 1.165) is 39.3 Å². The van der Waals surface area contributed by atoms with Gasteiger partial charge in [-0.2, -0.15) is 0 Å². The first-order chi connectivity index (χ1) is 20.1. The summed E-state index contributed by atoms with van der Waals surface area (Å²) < 4.78 is 0. The molecule has 0 aliphatic carbocycles. The molecule has 3 nitrogen and oxygen atoms in total. The Bertz CT molecular complexity index is 1230. The summed E-state index contributed by atoms with van der Waals surface area (Å²) in [6.45, 7) is 15.3. The van der Waals surface area contributed by atoms with Crippen molar-refractivity contribution in [1.29, 1.82) is 0 Å². The van der Waals surface area contributed by atoms with Crippen molar-refractivity contribution in [3.63, 3.8) is 0 Å². The summed E-state index contributed by atoms with van der Waals surface area (Å²) in [7, 11) is 1.07. The third-order valence-corrected chi connectivity index (χ3v) is 11.2. The van der Waals surface area contributed by atoms with Gasteiger partial charge in [-0.25, -0.2) is 0 Å². The number of hydrogen-bond donors (Lipinski definition) is 1. The lowest BCUT2D eigenvalue weighted by atomic mass is 10.0. The van der Waals surface area contributed by atoms with E-state index in [2.05, 4.69) is 135 Å². The monoisotopic (exact) mass is 584 g/mol. The minimum absolute atomic E-state index is 0.186. The van der Waals surface area contributed by atoms with Crippen molar-refractivity contribution in [3.05, 3.63) is 108 Å². The maximum Gasteiger partial charge on any atom is 0.0539 e. The molecule has 5 heteroatoms. The van der Waals surface area contributed by atoms with E-state index in [1.165, 1.54) is 44.0 Å². The maximum absolute atomic E-state index is 10.5. The molecule has 0 aliphatic rings. The number of nitrogens with zero attached hydrogens (tertiary/aromatic N) is 2. The summed E-state index contributed by atoms with van der Waals surface area (Å²) in [6.07, 6.45) is 0. The molecule has 0 saturated carbocycles. The Balaban J connectivity index is 1.50. The number of hydrogen-bond acceptors (Lipinski definition) is 3. The van der Waals surface area contributed by atoms with Gasteiger partial charge in [0.25, 0.3) is 0 Å². The topological polar surface area (TPSA) is 26.7 Å². The van der Waals surface area contributed by atoms with Crippen LogP contribution in [0.3, 0.4) is 0 Å². The van der Waals surface area contributed by atoms with Crippen LogP contribution in [0.5, 0.6) is 0 Å². The largest absolute Gasteiger partial charge is 0.395 e. The third-order valence-electron chi connectivity index (χ3n) is 7.83. The van der Waals surface area contributed by atoms with Gasteiger partial charge in [0.2, 0.25) is 0 Å². The Labute approximate surface area is 251 Å². The van der Waals surface area contributed by atoms with Gasteiger partial charge >= 0.3 is 0 Å². The highest BCUT2D eigenvalue weighted by Gasteiger charge is 2.16. The van der Waals surface area contributed by atoms with E-state index < -0.39 is 0 Å². The summed E-state index contributed by atoms with van der Waals surface area (Å²) >= 11 is 0. The maximum atomic E-state index is 10.5. The van der Waals surface area contributed by atoms with Gasteiger partial charge in [0.1, 0.15) is 0 Å². The first-order valence-electron chi connectivity index (χ1n) is 15.0. The molecular formula is C36H46N2OP2. The van der Waals surface area contributed by atoms with Crippen LogP contribution in [-0.2, 0) is 13.1 Å². The minimum Gasteiger partial charge on any atom is -0.395 e. The summed E-state index contributed by atoms with van der Waals surface area (Å²) in [5, 5.41) is 13.4. The predicted molar refractivity (Wildman–Crippen MR) is 184 cm³/mol. The number of aliphatic hydroxyl groups excluding tert-OH is 1. The zero-order valence-corrected chi connectivity index (χ0v) is 27.1. The Kier molecular flexibility index (Phi) is 12.6. The summed E-state index contributed by atoms with van der Waals surface area (Å²) in [5.41, 5.74) is 7.76. The quantitative estimate of drug-likeness (QED) is 0.148.